The molecule has 0 saturated carbocycles. The lowest BCUT2D eigenvalue weighted by Gasteiger charge is -2.23. The van der Waals surface area contributed by atoms with Crippen LogP contribution < -0.4 is 10.2 Å². The summed E-state index contributed by atoms with van der Waals surface area (Å²) in [5.41, 5.74) is 2.35. The van der Waals surface area contributed by atoms with E-state index in [0.29, 0.717) is 0 Å². The third-order valence-electron chi connectivity index (χ3n) is 3.32. The highest BCUT2D eigenvalue weighted by Crippen LogP contribution is 2.23. The molecule has 0 amide bonds. The number of pyridine rings is 1. The van der Waals surface area contributed by atoms with Gasteiger partial charge in [0, 0.05) is 25.0 Å². The Bertz CT molecular complexity index is 577. The fourth-order valence-corrected chi connectivity index (χ4v) is 2.46. The van der Waals surface area contributed by atoms with E-state index in [0.717, 1.165) is 37.4 Å². The molecule has 106 valence electrons. The zero-order valence-corrected chi connectivity index (χ0v) is 12.4. The van der Waals surface area contributed by atoms with Crippen molar-refractivity contribution < 1.29 is 0 Å². The molecule has 2 aromatic rings. The molecule has 0 atom stereocenters. The minimum atomic E-state index is 0.832. The van der Waals surface area contributed by atoms with Gasteiger partial charge in [0.1, 0.15) is 5.82 Å². The normalized spacial score (nSPS) is 10.7. The monoisotopic (exact) mass is 269 g/mol. The van der Waals surface area contributed by atoms with E-state index in [1.165, 1.54) is 10.9 Å². The van der Waals surface area contributed by atoms with Crippen molar-refractivity contribution in [3.63, 3.8) is 0 Å². The van der Waals surface area contributed by atoms with Crippen LogP contribution >= 0.6 is 0 Å². The molecule has 0 bridgehead atoms. The molecular weight excluding hydrogens is 246 g/mol. The Labute approximate surface area is 121 Å². The summed E-state index contributed by atoms with van der Waals surface area (Å²) in [6.07, 6.45) is 3.04. The van der Waals surface area contributed by atoms with Gasteiger partial charge in [0.15, 0.2) is 0 Å². The predicted molar refractivity (Wildman–Crippen MR) is 87.2 cm³/mol. The van der Waals surface area contributed by atoms with Crippen molar-refractivity contribution >= 4 is 16.7 Å². The summed E-state index contributed by atoms with van der Waals surface area (Å²) in [7, 11) is 1.97. The number of benzene rings is 1. The van der Waals surface area contributed by atoms with Gasteiger partial charge in [-0.25, -0.2) is 4.98 Å². The molecule has 3 heteroatoms. The number of nitrogens with zero attached hydrogens (tertiary/aromatic N) is 2. The van der Waals surface area contributed by atoms with Crippen LogP contribution in [0.1, 0.15) is 18.9 Å². The van der Waals surface area contributed by atoms with Gasteiger partial charge in [-0.2, -0.15) is 0 Å². The average molecular weight is 269 g/mol. The molecule has 0 saturated heterocycles. The summed E-state index contributed by atoms with van der Waals surface area (Å²) in [5.74, 6) is 1.04. The lowest BCUT2D eigenvalue weighted by Crippen LogP contribution is -2.25. The van der Waals surface area contributed by atoms with Gasteiger partial charge in [0.05, 0.1) is 5.52 Å². The van der Waals surface area contributed by atoms with Gasteiger partial charge in [0.25, 0.3) is 0 Å². The highest BCUT2D eigenvalue weighted by molar-refractivity contribution is 5.84. The van der Waals surface area contributed by atoms with E-state index in [2.05, 4.69) is 48.0 Å². The number of aromatic nitrogens is 1. The molecule has 3 nitrogen and oxygen atoms in total. The average Bonchev–Trinajstić information content (AvgIpc) is 2.47. The highest BCUT2D eigenvalue weighted by Gasteiger charge is 2.10. The van der Waals surface area contributed by atoms with Gasteiger partial charge in [-0.3, -0.25) is 0 Å². The van der Waals surface area contributed by atoms with E-state index < -0.39 is 0 Å². The maximum atomic E-state index is 4.81. The zero-order valence-electron chi connectivity index (χ0n) is 12.4. The second kappa shape index (κ2) is 7.06. The number of hydrogen-bond acceptors (Lipinski definition) is 3. The molecule has 0 aliphatic rings. The van der Waals surface area contributed by atoms with Crippen LogP contribution in [-0.2, 0) is 6.54 Å². The smallest absolute Gasteiger partial charge is 0.129 e. The first-order chi connectivity index (χ1) is 9.80. The van der Waals surface area contributed by atoms with Crippen molar-refractivity contribution in [1.29, 1.82) is 0 Å². The first-order valence-electron chi connectivity index (χ1n) is 7.19. The van der Waals surface area contributed by atoms with Gasteiger partial charge in [0.2, 0.25) is 0 Å². The van der Waals surface area contributed by atoms with Crippen molar-refractivity contribution in [2.24, 2.45) is 0 Å². The quantitative estimate of drug-likeness (QED) is 0.781. The molecular formula is C17H23N3. The van der Waals surface area contributed by atoms with Crippen LogP contribution in [0.15, 0.2) is 43.0 Å². The first kappa shape index (κ1) is 14.5. The van der Waals surface area contributed by atoms with E-state index in [1.54, 1.807) is 0 Å². The number of para-hydroxylation sites is 1. The van der Waals surface area contributed by atoms with Crippen LogP contribution in [0.2, 0.25) is 0 Å². The molecule has 20 heavy (non-hydrogen) atoms. The van der Waals surface area contributed by atoms with Crippen molar-refractivity contribution in [3.8, 4) is 0 Å². The lowest BCUT2D eigenvalue weighted by atomic mass is 10.1. The first-order valence-corrected chi connectivity index (χ1v) is 7.19. The molecule has 1 aromatic heterocycles. The molecule has 1 N–H and O–H groups in total. The number of hydrogen-bond donors (Lipinski definition) is 1. The maximum absolute atomic E-state index is 4.81. The Balaban J connectivity index is 2.49. The van der Waals surface area contributed by atoms with Gasteiger partial charge >= 0.3 is 0 Å². The maximum Gasteiger partial charge on any atom is 0.129 e. The van der Waals surface area contributed by atoms with Crippen molar-refractivity contribution in [3.05, 3.63) is 48.6 Å². The van der Waals surface area contributed by atoms with Crippen molar-refractivity contribution in [1.82, 2.24) is 10.3 Å². The van der Waals surface area contributed by atoms with Crippen LogP contribution in [0.25, 0.3) is 10.9 Å². The van der Waals surface area contributed by atoms with Crippen LogP contribution in [0.3, 0.4) is 0 Å². The van der Waals surface area contributed by atoms with E-state index in [-0.39, 0.29) is 0 Å². The molecule has 0 aliphatic carbocycles. The van der Waals surface area contributed by atoms with Crippen molar-refractivity contribution in [2.45, 2.75) is 19.9 Å². The number of fused-ring (bicyclic) bond motifs is 1. The van der Waals surface area contributed by atoms with E-state index in [1.807, 2.05) is 19.2 Å². The van der Waals surface area contributed by atoms with Crippen LogP contribution in [0.4, 0.5) is 5.82 Å². The van der Waals surface area contributed by atoms with E-state index in [4.69, 9.17) is 4.98 Å². The minimum absolute atomic E-state index is 0.832. The number of anilines is 1. The van der Waals surface area contributed by atoms with Crippen LogP contribution in [-0.4, -0.2) is 25.1 Å². The molecule has 0 aliphatic heterocycles. The molecule has 0 fully saturated rings. The molecule has 0 spiro atoms. The zero-order chi connectivity index (χ0) is 14.4. The Kier molecular flexibility index (Phi) is 5.13. The van der Waals surface area contributed by atoms with Gasteiger partial charge in [-0.05, 0) is 31.2 Å². The predicted octanol–water partition coefficient (Wildman–Crippen LogP) is 3.36. The fraction of sp³-hybridized carbons (Fsp3) is 0.353. The second-order valence-electron chi connectivity index (χ2n) is 4.92. The molecule has 1 heterocycles. The molecule has 0 radical (unpaired) electrons. The SMILES string of the molecule is C=CCN(CCC)c1cc(CNC)c2ccccc2n1. The second-order valence-corrected chi connectivity index (χ2v) is 4.92. The third kappa shape index (κ3) is 3.17. The summed E-state index contributed by atoms with van der Waals surface area (Å²) in [4.78, 5) is 7.08. The molecule has 1 aromatic carbocycles. The Hall–Kier alpha value is -1.87. The fourth-order valence-electron chi connectivity index (χ4n) is 2.46. The van der Waals surface area contributed by atoms with E-state index >= 15 is 0 Å². The largest absolute Gasteiger partial charge is 0.353 e. The molecule has 0 unspecified atom stereocenters. The van der Waals surface area contributed by atoms with Gasteiger partial charge < -0.3 is 10.2 Å². The van der Waals surface area contributed by atoms with Crippen molar-refractivity contribution in [2.75, 3.05) is 25.0 Å². The summed E-state index contributed by atoms with van der Waals surface area (Å²) in [6.45, 7) is 8.71. The van der Waals surface area contributed by atoms with Crippen LogP contribution in [0, 0.1) is 0 Å². The minimum Gasteiger partial charge on any atom is -0.353 e. The summed E-state index contributed by atoms with van der Waals surface area (Å²) >= 11 is 0. The Morgan fingerprint density at radius 1 is 1.35 bits per heavy atom. The van der Waals surface area contributed by atoms with E-state index in [9.17, 15) is 0 Å². The Morgan fingerprint density at radius 2 is 2.15 bits per heavy atom. The third-order valence-corrected chi connectivity index (χ3v) is 3.32. The lowest BCUT2D eigenvalue weighted by molar-refractivity contribution is 0.795. The van der Waals surface area contributed by atoms with Crippen LogP contribution in [0.5, 0.6) is 0 Å². The van der Waals surface area contributed by atoms with Gasteiger partial charge in [-0.15, -0.1) is 6.58 Å². The number of rotatable bonds is 7. The highest BCUT2D eigenvalue weighted by atomic mass is 15.2. The standard InChI is InChI=1S/C17H23N3/c1-4-10-20(11-5-2)17-12-14(13-18-3)15-8-6-7-9-16(15)19-17/h4,6-9,12,18H,1,5,10-11,13H2,2-3H3. The molecule has 2 rings (SSSR count). The summed E-state index contributed by atoms with van der Waals surface area (Å²) in [6, 6.07) is 10.5. The summed E-state index contributed by atoms with van der Waals surface area (Å²) < 4.78 is 0. The van der Waals surface area contributed by atoms with Gasteiger partial charge in [-0.1, -0.05) is 31.2 Å². The topological polar surface area (TPSA) is 28.2 Å². The number of nitrogens with one attached hydrogen (secondary N) is 1. The Morgan fingerprint density at radius 3 is 2.85 bits per heavy atom. The summed E-state index contributed by atoms with van der Waals surface area (Å²) in [5, 5.41) is 4.46.